The maximum atomic E-state index is 11.1. The van der Waals surface area contributed by atoms with Gasteiger partial charge in [0.05, 0.1) is 26.4 Å². The van der Waals surface area contributed by atoms with E-state index < -0.39 is 149 Å². The van der Waals surface area contributed by atoms with Crippen LogP contribution in [-0.2, 0) is 33.2 Å². The van der Waals surface area contributed by atoms with Gasteiger partial charge in [-0.15, -0.1) is 0 Å². The Balaban J connectivity index is 1.56. The summed E-state index contributed by atoms with van der Waals surface area (Å²) in [5.41, 5.74) is 0. The summed E-state index contributed by atoms with van der Waals surface area (Å²) in [6.45, 7) is -3.19. The molecule has 14 N–H and O–H groups in total. The minimum Gasteiger partial charge on any atom is -0.394 e. The molecule has 0 spiro atoms. The SMILES string of the molecule is OC[C@H]1O[C@@H](OC[C@H]2O[C@@H](O[C@@H]3[C@@H](O)[C@H](O)O[C@H](CO)[C@@H]3O)[C@H](O)[C@@H](O[C@@H]3O[C@H](CO)[C@H](O)[C@H](O)[C@H]3O)[C@H]2O)[C@H](O)[C@@H](O)[C@H]1O. The Morgan fingerprint density at radius 3 is 1.31 bits per heavy atom. The second-order valence-corrected chi connectivity index (χ2v) is 11.2. The zero-order valence-corrected chi connectivity index (χ0v) is 23.5. The zero-order valence-electron chi connectivity index (χ0n) is 23.5. The molecule has 0 radical (unpaired) electrons. The molecule has 0 aromatic heterocycles. The van der Waals surface area contributed by atoms with Crippen LogP contribution in [0.5, 0.6) is 0 Å². The van der Waals surface area contributed by atoms with Gasteiger partial charge in [-0.3, -0.25) is 0 Å². The van der Waals surface area contributed by atoms with Crippen LogP contribution < -0.4 is 0 Å². The summed E-state index contributed by atoms with van der Waals surface area (Å²) in [6.07, 6.45) is -35.9. The third-order valence-corrected chi connectivity index (χ3v) is 8.19. The lowest BCUT2D eigenvalue weighted by Crippen LogP contribution is -2.67. The first-order valence-corrected chi connectivity index (χ1v) is 14.1. The molecule has 21 nitrogen and oxygen atoms in total. The van der Waals surface area contributed by atoms with Crippen LogP contribution in [0.4, 0.5) is 0 Å². The third-order valence-electron chi connectivity index (χ3n) is 8.19. The molecule has 0 aromatic carbocycles. The van der Waals surface area contributed by atoms with Gasteiger partial charge in [0.1, 0.15) is 97.7 Å². The van der Waals surface area contributed by atoms with Gasteiger partial charge in [0.25, 0.3) is 0 Å². The normalized spacial score (nSPS) is 52.9. The van der Waals surface area contributed by atoms with Gasteiger partial charge in [-0.25, -0.2) is 0 Å². The molecular formula is C24H42O21. The van der Waals surface area contributed by atoms with Crippen LogP contribution in [-0.4, -0.2) is 221 Å². The summed E-state index contributed by atoms with van der Waals surface area (Å²) in [5, 5.41) is 143. The minimum absolute atomic E-state index is 0.758. The maximum absolute atomic E-state index is 11.1. The van der Waals surface area contributed by atoms with Gasteiger partial charge in [-0.1, -0.05) is 0 Å². The van der Waals surface area contributed by atoms with Crippen LogP contribution in [0.25, 0.3) is 0 Å². The number of rotatable bonds is 10. The topological polar surface area (TPSA) is 348 Å². The van der Waals surface area contributed by atoms with Crippen LogP contribution >= 0.6 is 0 Å². The summed E-state index contributed by atoms with van der Waals surface area (Å²) in [4.78, 5) is 0. The molecule has 0 aliphatic carbocycles. The van der Waals surface area contributed by atoms with Crippen molar-refractivity contribution in [1.29, 1.82) is 0 Å². The van der Waals surface area contributed by atoms with Crippen LogP contribution in [0.2, 0.25) is 0 Å². The monoisotopic (exact) mass is 666 g/mol. The van der Waals surface area contributed by atoms with Crippen molar-refractivity contribution in [3.8, 4) is 0 Å². The van der Waals surface area contributed by atoms with E-state index in [1.54, 1.807) is 0 Å². The molecule has 0 bridgehead atoms. The van der Waals surface area contributed by atoms with Crippen molar-refractivity contribution < 1.29 is 105 Å². The fourth-order valence-electron chi connectivity index (χ4n) is 5.43. The lowest BCUT2D eigenvalue weighted by Gasteiger charge is -2.48. The van der Waals surface area contributed by atoms with E-state index in [1.807, 2.05) is 0 Å². The van der Waals surface area contributed by atoms with E-state index >= 15 is 0 Å². The van der Waals surface area contributed by atoms with Gasteiger partial charge in [0.15, 0.2) is 25.2 Å². The molecule has 0 unspecified atom stereocenters. The fraction of sp³-hybridized carbons (Fsp3) is 1.00. The van der Waals surface area contributed by atoms with Crippen molar-refractivity contribution >= 4 is 0 Å². The van der Waals surface area contributed by atoms with E-state index in [-0.39, 0.29) is 0 Å². The van der Waals surface area contributed by atoms with Crippen molar-refractivity contribution in [3.05, 3.63) is 0 Å². The average Bonchev–Trinajstić information content (AvgIpc) is 3.02. The lowest BCUT2D eigenvalue weighted by atomic mass is 9.96. The summed E-state index contributed by atoms with van der Waals surface area (Å²) < 4.78 is 37.6. The summed E-state index contributed by atoms with van der Waals surface area (Å²) >= 11 is 0. The summed E-state index contributed by atoms with van der Waals surface area (Å²) in [5.74, 6) is 0. The Bertz CT molecular complexity index is 914. The molecule has 4 rings (SSSR count). The zero-order chi connectivity index (χ0) is 33.3. The highest BCUT2D eigenvalue weighted by Crippen LogP contribution is 2.33. The molecule has 4 saturated heterocycles. The van der Waals surface area contributed by atoms with E-state index in [4.69, 9.17) is 33.2 Å². The Kier molecular flexibility index (Phi) is 12.8. The predicted molar refractivity (Wildman–Crippen MR) is 134 cm³/mol. The molecule has 4 aliphatic heterocycles. The van der Waals surface area contributed by atoms with Gasteiger partial charge in [0.2, 0.25) is 0 Å². The summed E-state index contributed by atoms with van der Waals surface area (Å²) in [6, 6.07) is 0. The number of hydrogen-bond acceptors (Lipinski definition) is 21. The highest BCUT2D eigenvalue weighted by Gasteiger charge is 2.54. The largest absolute Gasteiger partial charge is 0.394 e. The molecule has 264 valence electrons. The van der Waals surface area contributed by atoms with Crippen molar-refractivity contribution in [2.75, 3.05) is 26.4 Å². The molecule has 4 fully saturated rings. The number of ether oxygens (including phenoxy) is 7. The molecule has 4 aliphatic rings. The van der Waals surface area contributed by atoms with E-state index in [0.29, 0.717) is 0 Å². The molecule has 0 amide bonds. The van der Waals surface area contributed by atoms with Gasteiger partial charge >= 0.3 is 0 Å². The first kappa shape index (κ1) is 37.0. The molecule has 45 heavy (non-hydrogen) atoms. The van der Waals surface area contributed by atoms with Crippen molar-refractivity contribution in [3.63, 3.8) is 0 Å². The lowest BCUT2D eigenvalue weighted by molar-refractivity contribution is -0.383. The number of aliphatic hydroxyl groups excluding tert-OH is 14. The predicted octanol–water partition coefficient (Wildman–Crippen LogP) is -9.75. The quantitative estimate of drug-likeness (QED) is 0.103. The van der Waals surface area contributed by atoms with Gasteiger partial charge in [-0.2, -0.15) is 0 Å². The second kappa shape index (κ2) is 15.6. The van der Waals surface area contributed by atoms with E-state index in [2.05, 4.69) is 0 Å². The van der Waals surface area contributed by atoms with Crippen LogP contribution in [0, 0.1) is 0 Å². The van der Waals surface area contributed by atoms with Gasteiger partial charge in [-0.05, 0) is 0 Å². The van der Waals surface area contributed by atoms with Gasteiger partial charge in [0, 0.05) is 0 Å². The third kappa shape index (κ3) is 7.59. The number of hydrogen-bond donors (Lipinski definition) is 14. The van der Waals surface area contributed by atoms with Crippen molar-refractivity contribution in [2.45, 2.75) is 123 Å². The van der Waals surface area contributed by atoms with Crippen LogP contribution in [0.1, 0.15) is 0 Å². The number of aliphatic hydroxyl groups is 14. The van der Waals surface area contributed by atoms with Crippen LogP contribution in [0.3, 0.4) is 0 Å². The first-order chi connectivity index (χ1) is 21.2. The highest BCUT2D eigenvalue weighted by atomic mass is 16.8. The van der Waals surface area contributed by atoms with Crippen molar-refractivity contribution in [1.82, 2.24) is 0 Å². The van der Waals surface area contributed by atoms with E-state index in [9.17, 15) is 71.5 Å². The van der Waals surface area contributed by atoms with Crippen molar-refractivity contribution in [2.24, 2.45) is 0 Å². The standard InChI is InChI=1S/C24H42O21/c25-1-5-9(28)13(32)15(34)22(41-5)39-4-8-12(31)20(45-23-16(35)14(33)10(29)6(2-26)42-23)18(37)24(43-8)44-19-11(30)7(3-27)40-21(38)17(19)36/h5-38H,1-4H2/t5-,6-,7-,8-,9+,10+,11+,12+,13+,14+,15-,16-,17-,18-,19+,20+,21-,22-,23+,24+/m1/s1. The Morgan fingerprint density at radius 1 is 0.378 bits per heavy atom. The van der Waals surface area contributed by atoms with E-state index in [1.165, 1.54) is 0 Å². The minimum atomic E-state index is -2.07. The molecule has 20 atom stereocenters. The molecule has 4 heterocycles. The molecular weight excluding hydrogens is 624 g/mol. The second-order valence-electron chi connectivity index (χ2n) is 11.2. The molecule has 0 saturated carbocycles. The highest BCUT2D eigenvalue weighted by molar-refractivity contribution is 4.97. The Labute approximate surface area is 254 Å². The summed E-state index contributed by atoms with van der Waals surface area (Å²) in [7, 11) is 0. The maximum Gasteiger partial charge on any atom is 0.187 e. The average molecular weight is 667 g/mol. The first-order valence-electron chi connectivity index (χ1n) is 14.1. The Hall–Kier alpha value is -0.840. The molecule has 0 aromatic rings. The van der Waals surface area contributed by atoms with Crippen LogP contribution in [0.15, 0.2) is 0 Å². The fourth-order valence-corrected chi connectivity index (χ4v) is 5.43. The molecule has 21 heteroatoms. The van der Waals surface area contributed by atoms with E-state index in [0.717, 1.165) is 0 Å². The Morgan fingerprint density at radius 2 is 0.778 bits per heavy atom. The smallest absolute Gasteiger partial charge is 0.187 e. The van der Waals surface area contributed by atoms with Gasteiger partial charge < -0.3 is 105 Å².